The summed E-state index contributed by atoms with van der Waals surface area (Å²) in [5.74, 6) is 0. The number of hydrogen-bond donors (Lipinski definition) is 0. The highest BCUT2D eigenvalue weighted by Gasteiger charge is 2.19. The minimum atomic E-state index is 0.870. The van der Waals surface area contributed by atoms with E-state index in [2.05, 4.69) is 26.0 Å². The van der Waals surface area contributed by atoms with Crippen molar-refractivity contribution in [2.75, 3.05) is 0 Å². The number of rotatable bonds is 1. The molecular weight excluding hydrogens is 210 g/mol. The fraction of sp³-hybridized carbons (Fsp3) is 0.333. The van der Waals surface area contributed by atoms with Crippen molar-refractivity contribution < 1.29 is 4.79 Å². The summed E-state index contributed by atoms with van der Waals surface area (Å²) >= 11 is 0. The molecule has 0 N–H and O–H groups in total. The van der Waals surface area contributed by atoms with Crippen LogP contribution in [0.1, 0.15) is 39.2 Å². The van der Waals surface area contributed by atoms with Crippen molar-refractivity contribution in [2.45, 2.75) is 33.1 Å². The summed E-state index contributed by atoms with van der Waals surface area (Å²) in [6, 6.07) is 4.21. The van der Waals surface area contributed by atoms with E-state index < -0.39 is 0 Å². The predicted octanol–water partition coefficient (Wildman–Crippen LogP) is 3.15. The lowest BCUT2D eigenvalue weighted by Crippen LogP contribution is -1.99. The van der Waals surface area contributed by atoms with Crippen LogP contribution in [0.15, 0.2) is 12.1 Å². The number of fused-ring (bicyclic) bond motifs is 2. The van der Waals surface area contributed by atoms with E-state index in [4.69, 9.17) is 4.98 Å². The second-order valence-corrected chi connectivity index (χ2v) is 4.90. The van der Waals surface area contributed by atoms with Gasteiger partial charge in [-0.2, -0.15) is 0 Å². The molecule has 0 aliphatic heterocycles. The van der Waals surface area contributed by atoms with Crippen molar-refractivity contribution in [3.63, 3.8) is 0 Å². The number of aromatic nitrogens is 1. The number of hydrogen-bond acceptors (Lipinski definition) is 2. The Morgan fingerprint density at radius 2 is 2.06 bits per heavy atom. The minimum Gasteiger partial charge on any atom is -0.298 e. The molecule has 2 heteroatoms. The summed E-state index contributed by atoms with van der Waals surface area (Å²) in [5, 5.41) is 1.03. The molecule has 1 aliphatic rings. The SMILES string of the molecule is Cc1cc(C)c2nc3c(c(C=O)c2c1)CCC3. The number of benzene rings is 1. The Bertz CT molecular complexity index is 629. The number of carbonyl (C=O) groups is 1. The van der Waals surface area contributed by atoms with Crippen LogP contribution in [-0.4, -0.2) is 11.3 Å². The molecule has 1 aromatic heterocycles. The second-order valence-electron chi connectivity index (χ2n) is 4.90. The van der Waals surface area contributed by atoms with Gasteiger partial charge in [0.05, 0.1) is 5.52 Å². The van der Waals surface area contributed by atoms with Crippen LogP contribution in [0.3, 0.4) is 0 Å². The third kappa shape index (κ3) is 1.47. The van der Waals surface area contributed by atoms with Crippen LogP contribution in [-0.2, 0) is 12.8 Å². The van der Waals surface area contributed by atoms with Crippen LogP contribution in [0.5, 0.6) is 0 Å². The first-order chi connectivity index (χ1) is 8.20. The van der Waals surface area contributed by atoms with Crippen molar-refractivity contribution in [1.82, 2.24) is 4.98 Å². The zero-order valence-corrected chi connectivity index (χ0v) is 10.2. The van der Waals surface area contributed by atoms with Gasteiger partial charge in [0.25, 0.3) is 0 Å². The molecule has 0 fully saturated rings. The first-order valence-electron chi connectivity index (χ1n) is 6.08. The summed E-state index contributed by atoms with van der Waals surface area (Å²) in [4.78, 5) is 16.1. The van der Waals surface area contributed by atoms with E-state index in [9.17, 15) is 4.79 Å². The fourth-order valence-electron chi connectivity index (χ4n) is 2.89. The maximum absolute atomic E-state index is 11.4. The molecule has 0 bridgehead atoms. The fourth-order valence-corrected chi connectivity index (χ4v) is 2.89. The van der Waals surface area contributed by atoms with Crippen LogP contribution >= 0.6 is 0 Å². The molecule has 1 aromatic carbocycles. The van der Waals surface area contributed by atoms with Crippen LogP contribution in [0.2, 0.25) is 0 Å². The highest BCUT2D eigenvalue weighted by atomic mass is 16.1. The van der Waals surface area contributed by atoms with Crippen LogP contribution in [0, 0.1) is 13.8 Å². The van der Waals surface area contributed by atoms with Gasteiger partial charge in [0.15, 0.2) is 6.29 Å². The Balaban J connectivity index is 2.49. The lowest BCUT2D eigenvalue weighted by Gasteiger charge is -2.10. The molecule has 2 nitrogen and oxygen atoms in total. The molecule has 0 radical (unpaired) electrons. The standard InChI is InChI=1S/C15H15NO/c1-9-6-10(2)15-12(7-9)13(8-17)11-4-3-5-14(11)16-15/h6-8H,3-5H2,1-2H3. The van der Waals surface area contributed by atoms with Gasteiger partial charge < -0.3 is 0 Å². The quantitative estimate of drug-likeness (QED) is 0.698. The number of nitrogens with zero attached hydrogens (tertiary/aromatic N) is 1. The number of pyridine rings is 1. The highest BCUT2D eigenvalue weighted by molar-refractivity contribution is 5.99. The zero-order chi connectivity index (χ0) is 12.0. The molecule has 3 rings (SSSR count). The van der Waals surface area contributed by atoms with Gasteiger partial charge in [0.2, 0.25) is 0 Å². The summed E-state index contributed by atoms with van der Waals surface area (Å²) in [6.07, 6.45) is 4.14. The van der Waals surface area contributed by atoms with Gasteiger partial charge in [0.1, 0.15) is 0 Å². The molecule has 0 unspecified atom stereocenters. The summed E-state index contributed by atoms with van der Waals surface area (Å²) in [7, 11) is 0. The van der Waals surface area contributed by atoms with Gasteiger partial charge in [-0.15, -0.1) is 0 Å². The zero-order valence-electron chi connectivity index (χ0n) is 10.2. The average Bonchev–Trinajstić information content (AvgIpc) is 2.74. The maximum Gasteiger partial charge on any atom is 0.151 e. The van der Waals surface area contributed by atoms with Crippen molar-refractivity contribution in [3.8, 4) is 0 Å². The van der Waals surface area contributed by atoms with E-state index in [-0.39, 0.29) is 0 Å². The van der Waals surface area contributed by atoms with Gasteiger partial charge in [0, 0.05) is 16.6 Å². The summed E-state index contributed by atoms with van der Waals surface area (Å²) in [6.45, 7) is 4.13. The Morgan fingerprint density at radius 3 is 2.82 bits per heavy atom. The Morgan fingerprint density at radius 1 is 1.24 bits per heavy atom. The number of carbonyl (C=O) groups excluding carboxylic acids is 1. The maximum atomic E-state index is 11.4. The van der Waals surface area contributed by atoms with Crippen molar-refractivity contribution in [1.29, 1.82) is 0 Å². The third-order valence-corrected chi connectivity index (χ3v) is 3.61. The molecule has 2 aromatic rings. The van der Waals surface area contributed by atoms with Gasteiger partial charge in [-0.1, -0.05) is 11.6 Å². The lowest BCUT2D eigenvalue weighted by molar-refractivity contribution is 0.112. The van der Waals surface area contributed by atoms with E-state index in [0.717, 1.165) is 53.3 Å². The van der Waals surface area contributed by atoms with E-state index >= 15 is 0 Å². The van der Waals surface area contributed by atoms with Crippen LogP contribution < -0.4 is 0 Å². The van der Waals surface area contributed by atoms with Crippen molar-refractivity contribution >= 4 is 17.2 Å². The monoisotopic (exact) mass is 225 g/mol. The minimum absolute atomic E-state index is 0.870. The number of aldehydes is 1. The molecule has 1 aliphatic carbocycles. The largest absolute Gasteiger partial charge is 0.298 e. The first-order valence-corrected chi connectivity index (χ1v) is 6.08. The smallest absolute Gasteiger partial charge is 0.151 e. The molecular formula is C15H15NO. The van der Waals surface area contributed by atoms with Gasteiger partial charge in [-0.3, -0.25) is 9.78 Å². The van der Waals surface area contributed by atoms with Gasteiger partial charge in [-0.25, -0.2) is 0 Å². The number of aryl methyl sites for hydroxylation is 3. The van der Waals surface area contributed by atoms with E-state index in [1.54, 1.807) is 0 Å². The topological polar surface area (TPSA) is 30.0 Å². The van der Waals surface area contributed by atoms with Crippen LogP contribution in [0.25, 0.3) is 10.9 Å². The van der Waals surface area contributed by atoms with E-state index in [0.29, 0.717) is 0 Å². The van der Waals surface area contributed by atoms with E-state index in [1.807, 2.05) is 0 Å². The summed E-state index contributed by atoms with van der Waals surface area (Å²) in [5.41, 5.74) is 6.53. The molecule has 0 amide bonds. The lowest BCUT2D eigenvalue weighted by atomic mass is 9.98. The molecule has 0 saturated carbocycles. The molecule has 17 heavy (non-hydrogen) atoms. The second kappa shape index (κ2) is 3.66. The Hall–Kier alpha value is -1.70. The average molecular weight is 225 g/mol. The Kier molecular flexibility index (Phi) is 2.25. The molecule has 1 heterocycles. The highest BCUT2D eigenvalue weighted by Crippen LogP contribution is 2.30. The third-order valence-electron chi connectivity index (χ3n) is 3.61. The van der Waals surface area contributed by atoms with Crippen LogP contribution in [0.4, 0.5) is 0 Å². The van der Waals surface area contributed by atoms with Crippen molar-refractivity contribution in [2.24, 2.45) is 0 Å². The molecule has 0 spiro atoms. The normalized spacial score (nSPS) is 14.0. The molecule has 0 atom stereocenters. The molecule has 0 saturated heterocycles. The Labute approximate surface area is 101 Å². The predicted molar refractivity (Wildman–Crippen MR) is 68.6 cm³/mol. The first kappa shape index (κ1) is 10.5. The molecule has 86 valence electrons. The van der Waals surface area contributed by atoms with E-state index in [1.165, 1.54) is 11.1 Å². The van der Waals surface area contributed by atoms with Crippen molar-refractivity contribution in [3.05, 3.63) is 40.1 Å². The summed E-state index contributed by atoms with van der Waals surface area (Å²) < 4.78 is 0. The van der Waals surface area contributed by atoms with Gasteiger partial charge in [-0.05, 0) is 50.3 Å². The van der Waals surface area contributed by atoms with Gasteiger partial charge >= 0.3 is 0 Å².